The van der Waals surface area contributed by atoms with E-state index in [1.165, 1.54) is 19.2 Å². The monoisotopic (exact) mass is 248 g/mol. The van der Waals surface area contributed by atoms with Crippen molar-refractivity contribution in [2.75, 3.05) is 12.4 Å². The number of hydrogen-bond acceptors (Lipinski definition) is 3. The lowest BCUT2D eigenvalue weighted by Gasteiger charge is -2.31. The first-order chi connectivity index (χ1) is 8.60. The van der Waals surface area contributed by atoms with Crippen LogP contribution in [-0.2, 0) is 4.74 Å². The molecule has 0 unspecified atom stereocenters. The number of hydrogen-bond donors (Lipinski definition) is 1. The number of ether oxygens (including phenoxy) is 1. The Morgan fingerprint density at radius 1 is 1.56 bits per heavy atom. The normalized spacial score (nSPS) is 16.3. The van der Waals surface area contributed by atoms with E-state index in [2.05, 4.69) is 14.9 Å². The van der Waals surface area contributed by atoms with Crippen LogP contribution in [0.4, 0.5) is 10.1 Å². The molecule has 0 saturated heterocycles. The van der Waals surface area contributed by atoms with Crippen LogP contribution in [0.25, 0.3) is 4.85 Å². The molecule has 1 aliphatic carbocycles. The number of rotatable bonds is 3. The van der Waals surface area contributed by atoms with E-state index in [0.717, 1.165) is 12.5 Å². The lowest BCUT2D eigenvalue weighted by atomic mass is 9.85. The number of nitrogens with zero attached hydrogens (tertiary/aromatic N) is 1. The summed E-state index contributed by atoms with van der Waals surface area (Å²) in [7, 11) is 1.24. The molecule has 1 aliphatic rings. The molecule has 0 spiro atoms. The van der Waals surface area contributed by atoms with Crippen molar-refractivity contribution in [3.63, 3.8) is 0 Å². The Morgan fingerprint density at radius 3 is 2.72 bits per heavy atom. The zero-order chi connectivity index (χ0) is 13.2. The minimum absolute atomic E-state index is 0.158. The van der Waals surface area contributed by atoms with Crippen molar-refractivity contribution in [1.82, 2.24) is 0 Å². The van der Waals surface area contributed by atoms with Crippen molar-refractivity contribution in [1.29, 1.82) is 0 Å². The maximum absolute atomic E-state index is 13.8. The highest BCUT2D eigenvalue weighted by Crippen LogP contribution is 2.37. The maximum atomic E-state index is 13.8. The Hall–Kier alpha value is -2.09. The van der Waals surface area contributed by atoms with E-state index >= 15 is 0 Å². The van der Waals surface area contributed by atoms with Crippen molar-refractivity contribution in [2.45, 2.75) is 24.9 Å². The summed E-state index contributed by atoms with van der Waals surface area (Å²) in [5, 5.41) is 2.91. The van der Waals surface area contributed by atoms with E-state index in [0.29, 0.717) is 12.8 Å². The van der Waals surface area contributed by atoms with Gasteiger partial charge in [-0.1, -0.05) is 0 Å². The minimum atomic E-state index is -0.673. The van der Waals surface area contributed by atoms with Crippen molar-refractivity contribution in [2.24, 2.45) is 0 Å². The summed E-state index contributed by atoms with van der Waals surface area (Å²) in [6.07, 6.45) is 2.40. The average molecular weight is 248 g/mol. The van der Waals surface area contributed by atoms with Gasteiger partial charge in [-0.05, 0) is 24.6 Å². The second-order valence-corrected chi connectivity index (χ2v) is 4.31. The molecule has 5 heteroatoms. The van der Waals surface area contributed by atoms with E-state index in [1.807, 2.05) is 0 Å². The second-order valence-electron chi connectivity index (χ2n) is 4.31. The van der Waals surface area contributed by atoms with E-state index in [1.54, 1.807) is 0 Å². The predicted molar refractivity (Wildman–Crippen MR) is 64.5 cm³/mol. The highest BCUT2D eigenvalue weighted by Gasteiger charge is 2.44. The number of methoxy groups -OCH3 is 1. The fourth-order valence-corrected chi connectivity index (χ4v) is 1.89. The Labute approximate surface area is 105 Å². The third kappa shape index (κ3) is 2.14. The molecule has 1 saturated carbocycles. The van der Waals surface area contributed by atoms with E-state index in [4.69, 9.17) is 6.57 Å². The van der Waals surface area contributed by atoms with Gasteiger partial charge >= 0.3 is 11.6 Å². The van der Waals surface area contributed by atoms with Crippen molar-refractivity contribution in [3.05, 3.63) is 41.0 Å². The molecule has 0 amide bonds. The molecule has 94 valence electrons. The Kier molecular flexibility index (Phi) is 3.19. The van der Waals surface area contributed by atoms with E-state index in [9.17, 15) is 9.18 Å². The van der Waals surface area contributed by atoms with Gasteiger partial charge in [-0.3, -0.25) is 4.85 Å². The van der Waals surface area contributed by atoms with Gasteiger partial charge in [0.25, 0.3) is 0 Å². The number of benzene rings is 1. The summed E-state index contributed by atoms with van der Waals surface area (Å²) < 4.78 is 18.3. The van der Waals surface area contributed by atoms with Crippen LogP contribution in [0.1, 0.15) is 29.6 Å². The van der Waals surface area contributed by atoms with Gasteiger partial charge in [-0.25, -0.2) is 15.8 Å². The van der Waals surface area contributed by atoms with Gasteiger partial charge in [-0.15, -0.1) is 0 Å². The van der Waals surface area contributed by atoms with Gasteiger partial charge in [0.1, 0.15) is 5.82 Å². The summed E-state index contributed by atoms with van der Waals surface area (Å²) in [6, 6.07) is 4.06. The first-order valence-corrected chi connectivity index (χ1v) is 5.65. The minimum Gasteiger partial charge on any atom is -0.465 e. The van der Waals surface area contributed by atoms with Crippen LogP contribution in [0.2, 0.25) is 0 Å². The molecule has 0 bridgehead atoms. The number of esters is 1. The topological polar surface area (TPSA) is 42.7 Å². The molecule has 0 heterocycles. The van der Waals surface area contributed by atoms with Gasteiger partial charge < -0.3 is 10.1 Å². The number of carbonyl (C=O) groups excluding carboxylic acids is 1. The quantitative estimate of drug-likeness (QED) is 0.660. The Bertz CT molecular complexity index is 518. The number of nitrogens with one attached hydrogen (secondary N) is 1. The van der Waals surface area contributed by atoms with Crippen LogP contribution >= 0.6 is 0 Å². The van der Waals surface area contributed by atoms with Crippen molar-refractivity contribution in [3.8, 4) is 0 Å². The number of halogens is 1. The Morgan fingerprint density at radius 2 is 2.28 bits per heavy atom. The fraction of sp³-hybridized carbons (Fsp3) is 0.385. The summed E-state index contributed by atoms with van der Waals surface area (Å²) in [5.74, 6) is -1.13. The van der Waals surface area contributed by atoms with Gasteiger partial charge in [0.15, 0.2) is 0 Å². The van der Waals surface area contributed by atoms with Crippen LogP contribution in [0.5, 0.6) is 0 Å². The highest BCUT2D eigenvalue weighted by molar-refractivity contribution is 5.89. The highest BCUT2D eigenvalue weighted by atomic mass is 19.1. The first-order valence-electron chi connectivity index (χ1n) is 5.65. The van der Waals surface area contributed by atoms with Crippen LogP contribution < -0.4 is 5.32 Å². The van der Waals surface area contributed by atoms with Gasteiger partial charge in [0.2, 0.25) is 0 Å². The molecule has 4 nitrogen and oxygen atoms in total. The molecule has 18 heavy (non-hydrogen) atoms. The molecule has 1 fully saturated rings. The van der Waals surface area contributed by atoms with Crippen LogP contribution in [0.15, 0.2) is 18.2 Å². The molecule has 1 aromatic rings. The van der Waals surface area contributed by atoms with E-state index in [-0.39, 0.29) is 11.3 Å². The molecule has 0 atom stereocenters. The van der Waals surface area contributed by atoms with Crippen molar-refractivity contribution >= 4 is 11.7 Å². The third-order valence-electron chi connectivity index (χ3n) is 3.15. The van der Waals surface area contributed by atoms with Gasteiger partial charge in [-0.2, -0.15) is 0 Å². The molecule has 1 aromatic carbocycles. The SMILES string of the molecule is [C-]#[N+]C1(Nc2ccc(C(=O)OC)cc2F)CCC1. The molecular formula is C13H13FN2O2. The zero-order valence-electron chi connectivity index (χ0n) is 10.00. The third-order valence-corrected chi connectivity index (χ3v) is 3.15. The maximum Gasteiger partial charge on any atom is 0.337 e. The fourth-order valence-electron chi connectivity index (χ4n) is 1.89. The summed E-state index contributed by atoms with van der Waals surface area (Å²) >= 11 is 0. The standard InChI is InChI=1S/C13H13FN2O2/c1-15-13(6-3-7-13)16-11-5-4-9(8-10(11)14)12(17)18-2/h4-5,8,16H,3,6-7H2,2H3. The molecular weight excluding hydrogens is 235 g/mol. The predicted octanol–water partition coefficient (Wildman–Crippen LogP) is 2.82. The Balaban J connectivity index is 2.20. The largest absolute Gasteiger partial charge is 0.465 e. The second kappa shape index (κ2) is 4.65. The number of carbonyl (C=O) groups is 1. The van der Waals surface area contributed by atoms with Crippen LogP contribution in [0, 0.1) is 12.4 Å². The van der Waals surface area contributed by atoms with Gasteiger partial charge in [0.05, 0.1) is 18.4 Å². The molecule has 1 N–H and O–H groups in total. The van der Waals surface area contributed by atoms with Gasteiger partial charge in [0, 0.05) is 12.8 Å². The first kappa shape index (κ1) is 12.4. The summed E-state index contributed by atoms with van der Waals surface area (Å²) in [6.45, 7) is 7.13. The van der Waals surface area contributed by atoms with Crippen molar-refractivity contribution < 1.29 is 13.9 Å². The van der Waals surface area contributed by atoms with Crippen LogP contribution in [0.3, 0.4) is 0 Å². The smallest absolute Gasteiger partial charge is 0.337 e. The lowest BCUT2D eigenvalue weighted by Crippen LogP contribution is -2.41. The lowest BCUT2D eigenvalue weighted by molar-refractivity contribution is 0.0600. The molecule has 0 radical (unpaired) electrons. The molecule has 2 rings (SSSR count). The number of anilines is 1. The molecule has 0 aromatic heterocycles. The average Bonchev–Trinajstić information content (AvgIpc) is 2.34. The molecule has 0 aliphatic heterocycles. The zero-order valence-corrected chi connectivity index (χ0v) is 10.00. The van der Waals surface area contributed by atoms with Crippen LogP contribution in [-0.4, -0.2) is 18.7 Å². The van der Waals surface area contributed by atoms with E-state index < -0.39 is 17.4 Å². The summed E-state index contributed by atoms with van der Waals surface area (Å²) in [5.41, 5.74) is -0.266. The summed E-state index contributed by atoms with van der Waals surface area (Å²) in [4.78, 5) is 14.7.